The second kappa shape index (κ2) is 5.70. The summed E-state index contributed by atoms with van der Waals surface area (Å²) in [6, 6.07) is 31.8. The first-order valence-corrected chi connectivity index (χ1v) is 11.6. The number of rotatable bonds is 1. The lowest BCUT2D eigenvalue weighted by Gasteiger charge is -2.37. The summed E-state index contributed by atoms with van der Waals surface area (Å²) in [5.41, 5.74) is 11.5. The quantitative estimate of drug-likeness (QED) is 0.243. The minimum absolute atomic E-state index is 0.0190. The van der Waals surface area contributed by atoms with Crippen molar-refractivity contribution in [2.45, 2.75) is 38.5 Å². The summed E-state index contributed by atoms with van der Waals surface area (Å²) in [5.74, 6) is 0. The molecule has 0 spiro atoms. The molecule has 0 radical (unpaired) electrons. The molecule has 0 N–H and O–H groups in total. The monoisotopic (exact) mass is 410 g/mol. The Labute approximate surface area is 189 Å². The molecule has 0 saturated carbocycles. The topological polar surface area (TPSA) is 0 Å². The van der Waals surface area contributed by atoms with Crippen LogP contribution in [0, 0.1) is 0 Å². The molecule has 2 aliphatic rings. The average Bonchev–Trinajstić information content (AvgIpc) is 3.04. The van der Waals surface area contributed by atoms with Crippen LogP contribution < -0.4 is 0 Å². The number of hydrogen-bond acceptors (Lipinski definition) is 0. The fourth-order valence-corrected chi connectivity index (χ4v) is 6.76. The standard InChI is InChI=1S/C32H26/c1-31(2)23-15-10-16-24-28(23)29-25(31)18-17-22-26(19-11-6-5-7-12-19)20-13-8-9-14-21(20)30(27(22)29)32(24,3)4/h5-18H,1-4H3. The number of hydrogen-bond donors (Lipinski definition) is 0. The normalized spacial score (nSPS) is 16.6. The Morgan fingerprint density at radius 2 is 1.06 bits per heavy atom. The van der Waals surface area contributed by atoms with Crippen molar-refractivity contribution in [2.24, 2.45) is 0 Å². The van der Waals surface area contributed by atoms with Crippen LogP contribution in [0.5, 0.6) is 0 Å². The van der Waals surface area contributed by atoms with Gasteiger partial charge >= 0.3 is 0 Å². The Morgan fingerprint density at radius 1 is 0.438 bits per heavy atom. The van der Waals surface area contributed by atoms with Gasteiger partial charge in [0.15, 0.2) is 0 Å². The van der Waals surface area contributed by atoms with E-state index in [1.165, 1.54) is 66.1 Å². The second-order valence-electron chi connectivity index (χ2n) is 10.6. The molecule has 0 amide bonds. The van der Waals surface area contributed by atoms with Crippen molar-refractivity contribution < 1.29 is 0 Å². The summed E-state index contributed by atoms with van der Waals surface area (Å²) >= 11 is 0. The Bertz CT molecular complexity index is 1600. The Kier molecular flexibility index (Phi) is 3.24. The summed E-state index contributed by atoms with van der Waals surface area (Å²) in [6.07, 6.45) is 0. The van der Waals surface area contributed by atoms with Crippen molar-refractivity contribution in [1.82, 2.24) is 0 Å². The fourth-order valence-electron chi connectivity index (χ4n) is 6.76. The van der Waals surface area contributed by atoms with Crippen molar-refractivity contribution in [3.63, 3.8) is 0 Å². The highest BCUT2D eigenvalue weighted by molar-refractivity contribution is 6.22. The van der Waals surface area contributed by atoms with Crippen LogP contribution in [0.4, 0.5) is 0 Å². The van der Waals surface area contributed by atoms with Crippen LogP contribution in [0.3, 0.4) is 0 Å². The molecule has 0 unspecified atom stereocenters. The van der Waals surface area contributed by atoms with E-state index in [1.54, 1.807) is 0 Å². The molecular formula is C32H26. The van der Waals surface area contributed by atoms with Crippen LogP contribution in [0.25, 0.3) is 43.8 Å². The van der Waals surface area contributed by atoms with Crippen molar-refractivity contribution >= 4 is 21.5 Å². The first kappa shape index (κ1) is 18.2. The van der Waals surface area contributed by atoms with E-state index in [0.29, 0.717) is 0 Å². The molecule has 0 saturated heterocycles. The average molecular weight is 411 g/mol. The third kappa shape index (κ3) is 1.95. The van der Waals surface area contributed by atoms with Crippen LogP contribution in [-0.4, -0.2) is 0 Å². The van der Waals surface area contributed by atoms with Gasteiger partial charge in [0, 0.05) is 10.8 Å². The molecule has 0 aliphatic heterocycles. The lowest BCUT2D eigenvalue weighted by atomic mass is 9.66. The molecule has 0 aromatic heterocycles. The van der Waals surface area contributed by atoms with E-state index in [2.05, 4.69) is 113 Å². The SMILES string of the molecule is CC1(C)c2cccc3c2-c2c1ccc1c(-c4ccccc4)c4ccccc4c(c21)C3(C)C. The summed E-state index contributed by atoms with van der Waals surface area (Å²) in [6.45, 7) is 9.63. The van der Waals surface area contributed by atoms with Crippen molar-refractivity contribution in [3.8, 4) is 22.3 Å². The van der Waals surface area contributed by atoms with Crippen LogP contribution in [0.15, 0.2) is 84.9 Å². The molecule has 2 aliphatic carbocycles. The maximum absolute atomic E-state index is 2.42. The van der Waals surface area contributed by atoms with E-state index >= 15 is 0 Å². The molecule has 0 heteroatoms. The highest BCUT2D eigenvalue weighted by Gasteiger charge is 2.45. The minimum Gasteiger partial charge on any atom is -0.0622 e. The van der Waals surface area contributed by atoms with Gasteiger partial charge in [-0.1, -0.05) is 113 Å². The number of benzene rings is 5. The molecule has 0 fully saturated rings. The molecule has 5 aromatic rings. The summed E-state index contributed by atoms with van der Waals surface area (Å²) in [5, 5.41) is 5.59. The predicted octanol–water partition coefficient (Wildman–Crippen LogP) is 8.61. The van der Waals surface area contributed by atoms with Crippen LogP contribution in [-0.2, 0) is 10.8 Å². The smallest absolute Gasteiger partial charge is 0.0165 e. The van der Waals surface area contributed by atoms with Gasteiger partial charge in [0.2, 0.25) is 0 Å². The van der Waals surface area contributed by atoms with Gasteiger partial charge in [-0.05, 0) is 66.1 Å². The lowest BCUT2D eigenvalue weighted by molar-refractivity contribution is 0.643. The van der Waals surface area contributed by atoms with Gasteiger partial charge in [-0.2, -0.15) is 0 Å². The Hall–Kier alpha value is -3.38. The van der Waals surface area contributed by atoms with Gasteiger partial charge < -0.3 is 0 Å². The molecular weight excluding hydrogens is 384 g/mol. The van der Waals surface area contributed by atoms with Crippen molar-refractivity contribution in [1.29, 1.82) is 0 Å². The summed E-state index contributed by atoms with van der Waals surface area (Å²) < 4.78 is 0. The maximum Gasteiger partial charge on any atom is 0.0165 e. The van der Waals surface area contributed by atoms with E-state index in [4.69, 9.17) is 0 Å². The minimum atomic E-state index is -0.0650. The highest BCUT2D eigenvalue weighted by atomic mass is 14.5. The van der Waals surface area contributed by atoms with E-state index in [1.807, 2.05) is 0 Å². The molecule has 0 heterocycles. The Balaban J connectivity index is 1.82. The van der Waals surface area contributed by atoms with Gasteiger partial charge in [-0.15, -0.1) is 0 Å². The van der Waals surface area contributed by atoms with Crippen LogP contribution in [0.2, 0.25) is 0 Å². The lowest BCUT2D eigenvalue weighted by Crippen LogP contribution is -2.24. The summed E-state index contributed by atoms with van der Waals surface area (Å²) in [4.78, 5) is 0. The van der Waals surface area contributed by atoms with Crippen LogP contribution >= 0.6 is 0 Å². The fraction of sp³-hybridized carbons (Fsp3) is 0.188. The molecule has 0 nitrogen and oxygen atoms in total. The molecule has 32 heavy (non-hydrogen) atoms. The van der Waals surface area contributed by atoms with Crippen LogP contribution in [0.1, 0.15) is 49.9 Å². The zero-order valence-corrected chi connectivity index (χ0v) is 19.1. The van der Waals surface area contributed by atoms with Gasteiger partial charge in [0.05, 0.1) is 0 Å². The van der Waals surface area contributed by atoms with E-state index in [-0.39, 0.29) is 10.8 Å². The zero-order valence-electron chi connectivity index (χ0n) is 19.1. The molecule has 154 valence electrons. The predicted molar refractivity (Wildman–Crippen MR) is 137 cm³/mol. The first-order chi connectivity index (χ1) is 15.4. The summed E-state index contributed by atoms with van der Waals surface area (Å²) in [7, 11) is 0. The second-order valence-corrected chi connectivity index (χ2v) is 10.6. The van der Waals surface area contributed by atoms with Gasteiger partial charge in [-0.3, -0.25) is 0 Å². The Morgan fingerprint density at radius 3 is 1.81 bits per heavy atom. The van der Waals surface area contributed by atoms with Gasteiger partial charge in [0.25, 0.3) is 0 Å². The molecule has 7 rings (SSSR count). The molecule has 0 bridgehead atoms. The van der Waals surface area contributed by atoms with E-state index < -0.39 is 0 Å². The van der Waals surface area contributed by atoms with Crippen molar-refractivity contribution in [3.05, 3.63) is 107 Å². The number of fused-ring (bicyclic) bond motifs is 2. The zero-order chi connectivity index (χ0) is 21.8. The third-order valence-electron chi connectivity index (χ3n) is 8.21. The van der Waals surface area contributed by atoms with E-state index in [0.717, 1.165) is 0 Å². The van der Waals surface area contributed by atoms with Gasteiger partial charge in [-0.25, -0.2) is 0 Å². The third-order valence-corrected chi connectivity index (χ3v) is 8.21. The largest absolute Gasteiger partial charge is 0.0622 e. The van der Waals surface area contributed by atoms with Crippen molar-refractivity contribution in [2.75, 3.05) is 0 Å². The first-order valence-electron chi connectivity index (χ1n) is 11.6. The highest BCUT2D eigenvalue weighted by Crippen LogP contribution is 2.61. The molecule has 0 atom stereocenters. The van der Waals surface area contributed by atoms with Gasteiger partial charge in [0.1, 0.15) is 0 Å². The maximum atomic E-state index is 2.42. The van der Waals surface area contributed by atoms with E-state index in [9.17, 15) is 0 Å². The molecule has 5 aromatic carbocycles.